The maximum atomic E-state index is 13.1. The molecule has 176 valence electrons. The lowest BCUT2D eigenvalue weighted by atomic mass is 9.99. The standard InChI is InChI=1S/C23H24O10/c1-29-12-5-3-11(4-6-12)14-10-31-21-13(17(14)25)7-8-15(22(21)30-2)32-23-20(28)19(27)18(26)16(9-24)33-23/h3-8,10,16,18-20,23-24,26-28H,9H2,1-2H3. The third-order valence-corrected chi connectivity index (χ3v) is 5.56. The molecular formula is C23H24O10. The third-order valence-electron chi connectivity index (χ3n) is 5.56. The molecule has 33 heavy (non-hydrogen) atoms. The lowest BCUT2D eigenvalue weighted by molar-refractivity contribution is -0.277. The summed E-state index contributed by atoms with van der Waals surface area (Å²) >= 11 is 0. The van der Waals surface area contributed by atoms with Crippen molar-refractivity contribution < 1.29 is 43.8 Å². The Hall–Kier alpha value is -3.15. The largest absolute Gasteiger partial charge is 0.497 e. The molecule has 2 aromatic carbocycles. The van der Waals surface area contributed by atoms with Crippen LogP contribution in [0.5, 0.6) is 17.2 Å². The number of hydrogen-bond acceptors (Lipinski definition) is 10. The number of fused-ring (bicyclic) bond motifs is 1. The van der Waals surface area contributed by atoms with Gasteiger partial charge in [-0.3, -0.25) is 4.79 Å². The van der Waals surface area contributed by atoms with Crippen molar-refractivity contribution in [2.24, 2.45) is 0 Å². The van der Waals surface area contributed by atoms with Gasteiger partial charge in [0.25, 0.3) is 0 Å². The van der Waals surface area contributed by atoms with Crippen LogP contribution in [0.4, 0.5) is 0 Å². The second-order valence-electron chi connectivity index (χ2n) is 7.50. The Morgan fingerprint density at radius 3 is 2.30 bits per heavy atom. The van der Waals surface area contributed by atoms with Crippen molar-refractivity contribution in [3.05, 3.63) is 52.9 Å². The van der Waals surface area contributed by atoms with Gasteiger partial charge in [0.05, 0.1) is 31.8 Å². The number of ether oxygens (including phenoxy) is 4. The Morgan fingerprint density at radius 1 is 0.939 bits per heavy atom. The highest BCUT2D eigenvalue weighted by Crippen LogP contribution is 2.37. The summed E-state index contributed by atoms with van der Waals surface area (Å²) in [5.41, 5.74) is 0.808. The molecule has 0 aliphatic carbocycles. The van der Waals surface area contributed by atoms with Gasteiger partial charge < -0.3 is 43.8 Å². The lowest BCUT2D eigenvalue weighted by Gasteiger charge is -2.39. The third kappa shape index (κ3) is 4.14. The second kappa shape index (κ2) is 9.38. The minimum atomic E-state index is -1.60. The molecule has 1 aliphatic rings. The Bertz CT molecular complexity index is 1170. The van der Waals surface area contributed by atoms with Gasteiger partial charge in [0, 0.05) is 0 Å². The van der Waals surface area contributed by atoms with Crippen LogP contribution in [0, 0.1) is 0 Å². The van der Waals surface area contributed by atoms with Crippen LogP contribution < -0.4 is 19.6 Å². The fourth-order valence-electron chi connectivity index (χ4n) is 3.70. The van der Waals surface area contributed by atoms with Crippen molar-refractivity contribution in [1.82, 2.24) is 0 Å². The van der Waals surface area contributed by atoms with Crippen molar-refractivity contribution in [2.75, 3.05) is 20.8 Å². The molecule has 0 spiro atoms. The Kier molecular flexibility index (Phi) is 6.54. The zero-order valence-electron chi connectivity index (χ0n) is 17.9. The van der Waals surface area contributed by atoms with Crippen molar-refractivity contribution in [1.29, 1.82) is 0 Å². The minimum Gasteiger partial charge on any atom is -0.497 e. The molecule has 4 rings (SSSR count). The number of benzene rings is 2. The fourth-order valence-corrected chi connectivity index (χ4v) is 3.70. The van der Waals surface area contributed by atoms with Gasteiger partial charge >= 0.3 is 0 Å². The highest BCUT2D eigenvalue weighted by molar-refractivity contribution is 5.88. The van der Waals surface area contributed by atoms with E-state index in [9.17, 15) is 25.2 Å². The molecular weight excluding hydrogens is 436 g/mol. The van der Waals surface area contributed by atoms with E-state index in [0.717, 1.165) is 0 Å². The molecule has 0 bridgehead atoms. The highest BCUT2D eigenvalue weighted by atomic mass is 16.7. The summed E-state index contributed by atoms with van der Waals surface area (Å²) in [6, 6.07) is 9.87. The van der Waals surface area contributed by atoms with Crippen LogP contribution >= 0.6 is 0 Å². The number of hydrogen-bond donors (Lipinski definition) is 4. The summed E-state index contributed by atoms with van der Waals surface area (Å²) in [5, 5.41) is 39.7. The van der Waals surface area contributed by atoms with E-state index in [1.54, 1.807) is 31.4 Å². The SMILES string of the molecule is COc1ccc(-c2coc3c(OC)c(OC4OC(CO)C(O)C(O)C4O)ccc3c2=O)cc1. The molecule has 2 heterocycles. The Morgan fingerprint density at radius 2 is 1.67 bits per heavy atom. The van der Waals surface area contributed by atoms with Crippen LogP contribution in [0.2, 0.25) is 0 Å². The van der Waals surface area contributed by atoms with Gasteiger partial charge in [-0.1, -0.05) is 12.1 Å². The molecule has 3 aromatic rings. The van der Waals surface area contributed by atoms with Gasteiger partial charge in [-0.25, -0.2) is 0 Å². The average molecular weight is 460 g/mol. The van der Waals surface area contributed by atoms with E-state index >= 15 is 0 Å². The summed E-state index contributed by atoms with van der Waals surface area (Å²) in [7, 11) is 2.90. The summed E-state index contributed by atoms with van der Waals surface area (Å²) in [6.07, 6.45) is -5.96. The molecule has 1 fully saturated rings. The molecule has 10 heteroatoms. The zero-order valence-corrected chi connectivity index (χ0v) is 17.9. The summed E-state index contributed by atoms with van der Waals surface area (Å²) < 4.78 is 27.3. The summed E-state index contributed by atoms with van der Waals surface area (Å²) in [5.74, 6) is 0.790. The first-order chi connectivity index (χ1) is 15.9. The van der Waals surface area contributed by atoms with Gasteiger partial charge in [0.2, 0.25) is 17.5 Å². The summed E-state index contributed by atoms with van der Waals surface area (Å²) in [4.78, 5) is 13.1. The molecule has 5 unspecified atom stereocenters. The molecule has 0 saturated carbocycles. The average Bonchev–Trinajstić information content (AvgIpc) is 2.84. The first-order valence-corrected chi connectivity index (χ1v) is 10.1. The summed E-state index contributed by atoms with van der Waals surface area (Å²) in [6.45, 7) is -0.595. The van der Waals surface area contributed by atoms with Gasteiger partial charge in [0.15, 0.2) is 11.3 Å². The van der Waals surface area contributed by atoms with Crippen molar-refractivity contribution in [3.8, 4) is 28.4 Å². The van der Waals surface area contributed by atoms with Crippen LogP contribution in [0.25, 0.3) is 22.1 Å². The fraction of sp³-hybridized carbons (Fsp3) is 0.348. The van der Waals surface area contributed by atoms with Crippen molar-refractivity contribution in [3.63, 3.8) is 0 Å². The lowest BCUT2D eigenvalue weighted by Crippen LogP contribution is -2.60. The van der Waals surface area contributed by atoms with E-state index in [4.69, 9.17) is 23.4 Å². The van der Waals surface area contributed by atoms with Gasteiger partial charge in [-0.05, 0) is 29.8 Å². The van der Waals surface area contributed by atoms with E-state index in [-0.39, 0.29) is 27.9 Å². The smallest absolute Gasteiger partial charge is 0.229 e. The topological polar surface area (TPSA) is 148 Å². The second-order valence-corrected chi connectivity index (χ2v) is 7.50. The van der Waals surface area contributed by atoms with E-state index in [2.05, 4.69) is 0 Å². The van der Waals surface area contributed by atoms with Crippen LogP contribution in [-0.2, 0) is 4.74 Å². The van der Waals surface area contributed by atoms with E-state index < -0.39 is 37.3 Å². The molecule has 1 aliphatic heterocycles. The molecule has 0 radical (unpaired) electrons. The number of aliphatic hydroxyl groups excluding tert-OH is 4. The Labute approximate surface area is 188 Å². The minimum absolute atomic E-state index is 0.0645. The number of aliphatic hydroxyl groups is 4. The van der Waals surface area contributed by atoms with E-state index in [0.29, 0.717) is 16.9 Å². The van der Waals surface area contributed by atoms with Crippen LogP contribution in [0.1, 0.15) is 0 Å². The number of rotatable bonds is 6. The van der Waals surface area contributed by atoms with Gasteiger partial charge in [-0.15, -0.1) is 0 Å². The normalized spacial score (nSPS) is 25.1. The Balaban J connectivity index is 1.70. The predicted octanol–water partition coefficient (Wildman–Crippen LogP) is 0.656. The molecule has 1 aromatic heterocycles. The molecule has 10 nitrogen and oxygen atoms in total. The van der Waals surface area contributed by atoms with E-state index in [1.165, 1.54) is 25.5 Å². The molecule has 0 amide bonds. The zero-order chi connectivity index (χ0) is 23.7. The first kappa shape index (κ1) is 23.0. The van der Waals surface area contributed by atoms with Crippen molar-refractivity contribution >= 4 is 11.0 Å². The van der Waals surface area contributed by atoms with Gasteiger partial charge in [-0.2, -0.15) is 0 Å². The quantitative estimate of drug-likeness (QED) is 0.413. The highest BCUT2D eigenvalue weighted by Gasteiger charge is 2.45. The maximum Gasteiger partial charge on any atom is 0.229 e. The van der Waals surface area contributed by atoms with Crippen LogP contribution in [0.3, 0.4) is 0 Å². The monoisotopic (exact) mass is 460 g/mol. The molecule has 5 atom stereocenters. The maximum absolute atomic E-state index is 13.1. The van der Waals surface area contributed by atoms with Gasteiger partial charge in [0.1, 0.15) is 36.4 Å². The number of methoxy groups -OCH3 is 2. The first-order valence-electron chi connectivity index (χ1n) is 10.1. The van der Waals surface area contributed by atoms with Crippen LogP contribution in [0.15, 0.2) is 51.9 Å². The van der Waals surface area contributed by atoms with Crippen LogP contribution in [-0.4, -0.2) is 72.0 Å². The molecule has 1 saturated heterocycles. The van der Waals surface area contributed by atoms with Crippen molar-refractivity contribution in [2.45, 2.75) is 30.7 Å². The predicted molar refractivity (Wildman–Crippen MR) is 115 cm³/mol. The molecule has 4 N–H and O–H groups in total. The van der Waals surface area contributed by atoms with E-state index in [1.807, 2.05) is 0 Å².